The van der Waals surface area contributed by atoms with E-state index in [4.69, 9.17) is 0 Å². The average Bonchev–Trinajstić information content (AvgIpc) is 3.18. The number of hydrogen-bond donors (Lipinski definition) is 1. The first-order chi connectivity index (χ1) is 11.0. The van der Waals surface area contributed by atoms with Crippen molar-refractivity contribution in [2.45, 2.75) is 57.7 Å². The Labute approximate surface area is 137 Å². The van der Waals surface area contributed by atoms with Gasteiger partial charge in [0.05, 0.1) is 25.4 Å². The largest absolute Gasteiger partial charge is 0.337 e. The Balaban J connectivity index is 1.55. The summed E-state index contributed by atoms with van der Waals surface area (Å²) < 4.78 is 1.96. The van der Waals surface area contributed by atoms with Crippen molar-refractivity contribution in [1.29, 1.82) is 5.26 Å². The molecule has 0 bridgehead atoms. The van der Waals surface area contributed by atoms with Crippen LogP contribution in [-0.2, 0) is 11.3 Å². The summed E-state index contributed by atoms with van der Waals surface area (Å²) in [6.07, 6.45) is 8.17. The quantitative estimate of drug-likeness (QED) is 0.862. The topological polar surface area (TPSA) is 74.0 Å². The summed E-state index contributed by atoms with van der Waals surface area (Å²) >= 11 is 0. The maximum atomic E-state index is 12.4. The molecule has 0 unspecified atom stereocenters. The summed E-state index contributed by atoms with van der Waals surface area (Å²) in [5.74, 6) is 0.280. The van der Waals surface area contributed by atoms with Crippen LogP contribution >= 0.6 is 0 Å². The second-order valence-electron chi connectivity index (χ2n) is 7.14. The molecule has 1 aliphatic heterocycles. The molecule has 1 saturated heterocycles. The molecule has 3 rings (SSSR count). The first-order valence-corrected chi connectivity index (χ1v) is 8.45. The minimum absolute atomic E-state index is 0.0375. The third-order valence-electron chi connectivity index (χ3n) is 5.03. The lowest BCUT2D eigenvalue weighted by atomic mass is 9.98. The molecule has 1 saturated carbocycles. The molecule has 1 N–H and O–H groups in total. The van der Waals surface area contributed by atoms with E-state index in [1.165, 1.54) is 0 Å². The van der Waals surface area contributed by atoms with Gasteiger partial charge in [0.15, 0.2) is 0 Å². The molecule has 2 atom stereocenters. The van der Waals surface area contributed by atoms with Gasteiger partial charge in [-0.05, 0) is 57.6 Å². The van der Waals surface area contributed by atoms with Crippen molar-refractivity contribution in [3.05, 3.63) is 18.0 Å². The molecule has 1 aliphatic carbocycles. The molecule has 0 radical (unpaired) electrons. The average molecular weight is 315 g/mol. The molecule has 23 heavy (non-hydrogen) atoms. The Morgan fingerprint density at radius 1 is 1.52 bits per heavy atom. The van der Waals surface area contributed by atoms with E-state index in [1.54, 1.807) is 0 Å². The number of carbonyl (C=O) groups is 1. The van der Waals surface area contributed by atoms with Crippen LogP contribution in [-0.4, -0.2) is 45.3 Å². The Morgan fingerprint density at radius 3 is 2.91 bits per heavy atom. The maximum absolute atomic E-state index is 12.4. The number of nitriles is 1. The third-order valence-corrected chi connectivity index (χ3v) is 5.03. The lowest BCUT2D eigenvalue weighted by molar-refractivity contribution is -0.124. The van der Waals surface area contributed by atoms with Gasteiger partial charge < -0.3 is 5.32 Å². The molecular formula is C17H25N5O. The van der Waals surface area contributed by atoms with E-state index in [2.05, 4.69) is 21.4 Å². The number of nitrogens with zero attached hydrogens (tertiary/aromatic N) is 4. The smallest absolute Gasteiger partial charge is 0.235 e. The summed E-state index contributed by atoms with van der Waals surface area (Å²) in [7, 11) is 0. The number of carbonyl (C=O) groups excluding carboxylic acids is 1. The van der Waals surface area contributed by atoms with Crippen LogP contribution in [0.25, 0.3) is 0 Å². The normalized spacial score (nSPS) is 24.1. The van der Waals surface area contributed by atoms with Gasteiger partial charge in [-0.2, -0.15) is 10.4 Å². The van der Waals surface area contributed by atoms with Crippen molar-refractivity contribution >= 4 is 5.91 Å². The van der Waals surface area contributed by atoms with Crippen LogP contribution in [0.15, 0.2) is 12.4 Å². The van der Waals surface area contributed by atoms with Gasteiger partial charge in [0.2, 0.25) is 5.91 Å². The zero-order chi connectivity index (χ0) is 16.4. The van der Waals surface area contributed by atoms with Gasteiger partial charge in [-0.1, -0.05) is 0 Å². The van der Waals surface area contributed by atoms with Crippen LogP contribution in [0.2, 0.25) is 0 Å². The lowest BCUT2D eigenvalue weighted by Gasteiger charge is -2.27. The zero-order valence-electron chi connectivity index (χ0n) is 14.0. The van der Waals surface area contributed by atoms with Crippen molar-refractivity contribution in [3.63, 3.8) is 0 Å². The Hall–Kier alpha value is -1.87. The van der Waals surface area contributed by atoms with Crippen molar-refractivity contribution in [1.82, 2.24) is 20.0 Å². The van der Waals surface area contributed by atoms with Crippen LogP contribution in [0, 0.1) is 24.2 Å². The SMILES string of the molecule is Cc1cnn(C[C@H]2CCCN2CC(=O)N[C@@](C)(C#N)C2CC2)c1. The number of likely N-dealkylation sites (tertiary alicyclic amines) is 1. The molecule has 1 amide bonds. The standard InChI is InChI=1S/C17H25N5O/c1-13-8-19-22(9-13)10-15-4-3-7-21(15)11-16(23)20-17(2,12-18)14-5-6-14/h8-9,14-15H,3-7,10-11H2,1-2H3,(H,20,23)/t15-,17+/m1/s1. The van der Waals surface area contributed by atoms with Gasteiger partial charge in [-0.25, -0.2) is 0 Å². The van der Waals surface area contributed by atoms with Crippen molar-refractivity contribution < 1.29 is 4.79 Å². The van der Waals surface area contributed by atoms with E-state index in [0.717, 1.165) is 44.3 Å². The van der Waals surface area contributed by atoms with Gasteiger partial charge in [0.25, 0.3) is 0 Å². The van der Waals surface area contributed by atoms with Crippen LogP contribution in [0.5, 0.6) is 0 Å². The van der Waals surface area contributed by atoms with E-state index < -0.39 is 5.54 Å². The van der Waals surface area contributed by atoms with Gasteiger partial charge in [0, 0.05) is 12.2 Å². The number of aromatic nitrogens is 2. The summed E-state index contributed by atoms with van der Waals surface area (Å²) in [4.78, 5) is 14.6. The van der Waals surface area contributed by atoms with E-state index in [-0.39, 0.29) is 5.91 Å². The molecule has 0 spiro atoms. The summed E-state index contributed by atoms with van der Waals surface area (Å²) in [6, 6.07) is 2.63. The second-order valence-corrected chi connectivity index (χ2v) is 7.14. The van der Waals surface area contributed by atoms with E-state index >= 15 is 0 Å². The first kappa shape index (κ1) is 16.0. The highest BCUT2D eigenvalue weighted by Crippen LogP contribution is 2.39. The van der Waals surface area contributed by atoms with Crippen LogP contribution in [0.1, 0.15) is 38.2 Å². The minimum Gasteiger partial charge on any atom is -0.337 e. The predicted molar refractivity (Wildman–Crippen MR) is 86.4 cm³/mol. The van der Waals surface area contributed by atoms with Gasteiger partial charge >= 0.3 is 0 Å². The van der Waals surface area contributed by atoms with Crippen LogP contribution in [0.4, 0.5) is 0 Å². The number of hydrogen-bond acceptors (Lipinski definition) is 4. The summed E-state index contributed by atoms with van der Waals surface area (Å²) in [5, 5.41) is 16.7. The molecule has 124 valence electrons. The van der Waals surface area contributed by atoms with E-state index in [1.807, 2.05) is 30.9 Å². The van der Waals surface area contributed by atoms with Crippen LogP contribution < -0.4 is 5.32 Å². The van der Waals surface area contributed by atoms with Crippen LogP contribution in [0.3, 0.4) is 0 Å². The zero-order valence-corrected chi connectivity index (χ0v) is 14.0. The molecule has 2 fully saturated rings. The Kier molecular flexibility index (Phi) is 4.40. The summed E-state index contributed by atoms with van der Waals surface area (Å²) in [6.45, 7) is 6.00. The molecule has 1 aromatic heterocycles. The molecule has 2 heterocycles. The fourth-order valence-corrected chi connectivity index (χ4v) is 3.49. The molecule has 0 aromatic carbocycles. The number of amides is 1. The number of nitrogens with one attached hydrogen (secondary N) is 1. The molecule has 2 aliphatic rings. The predicted octanol–water partition coefficient (Wildman–Crippen LogP) is 1.46. The maximum Gasteiger partial charge on any atom is 0.235 e. The molecule has 6 nitrogen and oxygen atoms in total. The lowest BCUT2D eigenvalue weighted by Crippen LogP contribution is -2.51. The fraction of sp³-hybridized carbons (Fsp3) is 0.706. The number of rotatable bonds is 6. The Morgan fingerprint density at radius 2 is 2.30 bits per heavy atom. The Bertz CT molecular complexity index is 615. The van der Waals surface area contributed by atoms with E-state index in [9.17, 15) is 10.1 Å². The summed E-state index contributed by atoms with van der Waals surface area (Å²) in [5.41, 5.74) is 0.451. The minimum atomic E-state index is -0.703. The monoisotopic (exact) mass is 315 g/mol. The third kappa shape index (κ3) is 3.73. The molecule has 1 aromatic rings. The number of aryl methyl sites for hydroxylation is 1. The highest BCUT2D eigenvalue weighted by Gasteiger charge is 2.43. The second kappa shape index (κ2) is 6.32. The highest BCUT2D eigenvalue weighted by molar-refractivity contribution is 5.79. The van der Waals surface area contributed by atoms with Crippen molar-refractivity contribution in [2.75, 3.05) is 13.1 Å². The van der Waals surface area contributed by atoms with Gasteiger partial charge in [0.1, 0.15) is 5.54 Å². The van der Waals surface area contributed by atoms with Crippen molar-refractivity contribution in [3.8, 4) is 6.07 Å². The van der Waals surface area contributed by atoms with Gasteiger partial charge in [-0.15, -0.1) is 0 Å². The molecular weight excluding hydrogens is 290 g/mol. The molecule has 6 heteroatoms. The highest BCUT2D eigenvalue weighted by atomic mass is 16.2. The van der Waals surface area contributed by atoms with E-state index in [0.29, 0.717) is 18.5 Å². The first-order valence-electron chi connectivity index (χ1n) is 8.45. The van der Waals surface area contributed by atoms with Crippen molar-refractivity contribution in [2.24, 2.45) is 5.92 Å². The fourth-order valence-electron chi connectivity index (χ4n) is 3.49. The van der Waals surface area contributed by atoms with Gasteiger partial charge in [-0.3, -0.25) is 14.4 Å².